The van der Waals surface area contributed by atoms with Gasteiger partial charge >= 0.3 is 0 Å². The predicted octanol–water partition coefficient (Wildman–Crippen LogP) is 1.51. The first-order valence-electron chi connectivity index (χ1n) is 7.12. The molecule has 1 aliphatic carbocycles. The molecule has 3 unspecified atom stereocenters. The molecule has 4 nitrogen and oxygen atoms in total. The fourth-order valence-corrected chi connectivity index (χ4v) is 4.00. The highest BCUT2D eigenvalue weighted by atomic mass is 16.1. The van der Waals surface area contributed by atoms with E-state index in [1.54, 1.807) is 4.57 Å². The van der Waals surface area contributed by atoms with Crippen molar-refractivity contribution in [3.05, 3.63) is 34.9 Å². The van der Waals surface area contributed by atoms with Crippen LogP contribution in [0.3, 0.4) is 0 Å². The summed E-state index contributed by atoms with van der Waals surface area (Å²) in [4.78, 5) is 12.4. The molecule has 0 radical (unpaired) electrons. The summed E-state index contributed by atoms with van der Waals surface area (Å²) in [6.45, 7) is 2.25. The van der Waals surface area contributed by atoms with Gasteiger partial charge in [-0.05, 0) is 43.4 Å². The van der Waals surface area contributed by atoms with Gasteiger partial charge in [-0.2, -0.15) is 0 Å². The summed E-state index contributed by atoms with van der Waals surface area (Å²) in [5, 5.41) is 4.56. The number of aromatic nitrogens is 2. The van der Waals surface area contributed by atoms with E-state index in [0.29, 0.717) is 12.0 Å². The molecule has 1 aliphatic heterocycles. The lowest BCUT2D eigenvalue weighted by molar-refractivity contribution is 0.377. The molecule has 0 amide bonds. The number of nitrogens with one attached hydrogen (secondary N) is 1. The van der Waals surface area contributed by atoms with Gasteiger partial charge in [0.25, 0.3) is 5.56 Å². The molecule has 1 N–H and O–H groups in total. The zero-order valence-corrected chi connectivity index (χ0v) is 11.2. The molecule has 1 saturated heterocycles. The Hall–Kier alpha value is -1.55. The van der Waals surface area contributed by atoms with Gasteiger partial charge in [0.1, 0.15) is 5.52 Å². The van der Waals surface area contributed by atoms with Crippen molar-refractivity contribution >= 4 is 10.9 Å². The van der Waals surface area contributed by atoms with E-state index in [0.717, 1.165) is 29.9 Å². The lowest BCUT2D eigenvalue weighted by atomic mass is 9.97. The number of hydrogen-bond donors (Lipinski definition) is 1. The maximum Gasteiger partial charge on any atom is 0.274 e. The van der Waals surface area contributed by atoms with E-state index in [1.165, 1.54) is 12.8 Å². The predicted molar refractivity (Wildman–Crippen MR) is 75.3 cm³/mol. The molecule has 2 fully saturated rings. The molecular formula is C15H19N3O. The van der Waals surface area contributed by atoms with Crippen LogP contribution in [-0.2, 0) is 7.05 Å². The number of aryl methyl sites for hydroxylation is 1. The van der Waals surface area contributed by atoms with Gasteiger partial charge in [-0.15, -0.1) is 0 Å². The van der Waals surface area contributed by atoms with Crippen molar-refractivity contribution in [1.82, 2.24) is 14.5 Å². The molecule has 3 atom stereocenters. The summed E-state index contributed by atoms with van der Waals surface area (Å²) in [5.41, 5.74) is 0.999. The van der Waals surface area contributed by atoms with Crippen molar-refractivity contribution in [2.75, 3.05) is 13.1 Å². The zero-order chi connectivity index (χ0) is 13.0. The average Bonchev–Trinajstić information content (AvgIpc) is 3.07. The van der Waals surface area contributed by atoms with Crippen molar-refractivity contribution in [2.24, 2.45) is 18.9 Å². The van der Waals surface area contributed by atoms with Crippen molar-refractivity contribution in [3.63, 3.8) is 0 Å². The summed E-state index contributed by atoms with van der Waals surface area (Å²) in [6, 6.07) is 4.60. The molecular weight excluding hydrogens is 238 g/mol. The third kappa shape index (κ3) is 1.53. The van der Waals surface area contributed by atoms with E-state index in [9.17, 15) is 4.79 Å². The fourth-order valence-electron chi connectivity index (χ4n) is 4.00. The Balaban J connectivity index is 1.87. The normalized spacial score (nSPS) is 30.1. The molecule has 0 bridgehead atoms. The molecule has 1 saturated carbocycles. The zero-order valence-electron chi connectivity index (χ0n) is 11.2. The molecule has 4 heteroatoms. The maximum absolute atomic E-state index is 12.4. The number of fused-ring (bicyclic) bond motifs is 2. The van der Waals surface area contributed by atoms with Crippen LogP contribution in [0.15, 0.2) is 29.3 Å². The van der Waals surface area contributed by atoms with Crippen molar-refractivity contribution in [2.45, 2.75) is 18.9 Å². The van der Waals surface area contributed by atoms with Crippen LogP contribution in [0.25, 0.3) is 10.9 Å². The summed E-state index contributed by atoms with van der Waals surface area (Å²) in [6.07, 6.45) is 6.45. The van der Waals surface area contributed by atoms with Crippen LogP contribution in [0.4, 0.5) is 0 Å². The van der Waals surface area contributed by atoms with Gasteiger partial charge in [0, 0.05) is 37.4 Å². The van der Waals surface area contributed by atoms with Gasteiger partial charge in [0.05, 0.1) is 0 Å². The molecule has 19 heavy (non-hydrogen) atoms. The SMILES string of the molecule is Cn1ccc2ccn(C3CCC4CNCC43)c2c1=O. The number of nitrogens with zero attached hydrogens (tertiary/aromatic N) is 2. The van der Waals surface area contributed by atoms with Crippen molar-refractivity contribution in [1.29, 1.82) is 0 Å². The fraction of sp³-hybridized carbons (Fsp3) is 0.533. The molecule has 2 aromatic heterocycles. The Kier molecular flexibility index (Phi) is 2.36. The first kappa shape index (κ1) is 11.3. The Morgan fingerprint density at radius 2 is 2.05 bits per heavy atom. The van der Waals surface area contributed by atoms with E-state index in [2.05, 4.69) is 22.1 Å². The average molecular weight is 257 g/mol. The van der Waals surface area contributed by atoms with E-state index >= 15 is 0 Å². The highest BCUT2D eigenvalue weighted by molar-refractivity contribution is 5.79. The first-order valence-corrected chi connectivity index (χ1v) is 7.12. The van der Waals surface area contributed by atoms with Gasteiger partial charge in [0.2, 0.25) is 0 Å². The van der Waals surface area contributed by atoms with Crippen molar-refractivity contribution in [3.8, 4) is 0 Å². The maximum atomic E-state index is 12.4. The smallest absolute Gasteiger partial charge is 0.274 e. The van der Waals surface area contributed by atoms with E-state index in [1.807, 2.05) is 19.3 Å². The van der Waals surface area contributed by atoms with Gasteiger partial charge in [-0.1, -0.05) is 0 Å². The number of rotatable bonds is 1. The second-order valence-corrected chi connectivity index (χ2v) is 5.99. The van der Waals surface area contributed by atoms with Crippen LogP contribution in [0, 0.1) is 11.8 Å². The monoisotopic (exact) mass is 257 g/mol. The van der Waals surface area contributed by atoms with Crippen LogP contribution in [0.5, 0.6) is 0 Å². The lowest BCUT2D eigenvalue weighted by Crippen LogP contribution is -2.24. The Morgan fingerprint density at radius 3 is 2.95 bits per heavy atom. The molecule has 4 rings (SSSR count). The topological polar surface area (TPSA) is 39.0 Å². The Bertz CT molecular complexity index is 684. The minimum absolute atomic E-state index is 0.122. The van der Waals surface area contributed by atoms with Gasteiger partial charge in [0.15, 0.2) is 0 Å². The summed E-state index contributed by atoms with van der Waals surface area (Å²) in [7, 11) is 1.83. The summed E-state index contributed by atoms with van der Waals surface area (Å²) < 4.78 is 3.92. The van der Waals surface area contributed by atoms with Gasteiger partial charge in [-0.3, -0.25) is 4.79 Å². The van der Waals surface area contributed by atoms with Crippen LogP contribution in [0.1, 0.15) is 18.9 Å². The Labute approximate surface area is 112 Å². The van der Waals surface area contributed by atoms with Gasteiger partial charge < -0.3 is 14.5 Å². The van der Waals surface area contributed by atoms with E-state index in [-0.39, 0.29) is 5.56 Å². The largest absolute Gasteiger partial charge is 0.340 e. The van der Waals surface area contributed by atoms with E-state index < -0.39 is 0 Å². The Morgan fingerprint density at radius 1 is 1.21 bits per heavy atom. The summed E-state index contributed by atoms with van der Waals surface area (Å²) in [5.74, 6) is 1.50. The standard InChI is InChI=1S/C15H19N3O/c1-17-6-4-10-5-7-18(14(10)15(17)19)13-3-2-11-8-16-9-12(11)13/h4-7,11-13,16H,2-3,8-9H2,1H3. The molecule has 0 aromatic carbocycles. The molecule has 100 valence electrons. The highest BCUT2D eigenvalue weighted by Gasteiger charge is 2.40. The van der Waals surface area contributed by atoms with Crippen LogP contribution >= 0.6 is 0 Å². The minimum atomic E-state index is 0.122. The second kappa shape index (κ2) is 3.97. The minimum Gasteiger partial charge on any atom is -0.340 e. The lowest BCUT2D eigenvalue weighted by Gasteiger charge is -2.20. The molecule has 3 heterocycles. The quantitative estimate of drug-likeness (QED) is 0.841. The molecule has 0 spiro atoms. The molecule has 2 aliphatic rings. The second-order valence-electron chi connectivity index (χ2n) is 5.99. The van der Waals surface area contributed by atoms with Crippen LogP contribution < -0.4 is 10.9 Å². The van der Waals surface area contributed by atoms with Gasteiger partial charge in [-0.25, -0.2) is 0 Å². The highest BCUT2D eigenvalue weighted by Crippen LogP contribution is 2.43. The van der Waals surface area contributed by atoms with E-state index in [4.69, 9.17) is 0 Å². The third-order valence-electron chi connectivity index (χ3n) is 5.02. The van der Waals surface area contributed by atoms with Crippen LogP contribution in [0.2, 0.25) is 0 Å². The number of pyridine rings is 1. The van der Waals surface area contributed by atoms with Crippen molar-refractivity contribution < 1.29 is 0 Å². The summed E-state index contributed by atoms with van der Waals surface area (Å²) >= 11 is 0. The first-order chi connectivity index (χ1) is 9.25. The van der Waals surface area contributed by atoms with Crippen LogP contribution in [-0.4, -0.2) is 22.2 Å². The third-order valence-corrected chi connectivity index (χ3v) is 5.02. The molecule has 2 aromatic rings. The number of hydrogen-bond acceptors (Lipinski definition) is 2.